The van der Waals surface area contributed by atoms with Crippen LogP contribution in [-0.2, 0) is 11.0 Å². The van der Waals surface area contributed by atoms with E-state index in [0.29, 0.717) is 22.2 Å². The first-order valence-corrected chi connectivity index (χ1v) is 7.96. The van der Waals surface area contributed by atoms with Gasteiger partial charge >= 0.3 is 6.18 Å². The minimum Gasteiger partial charge on any atom is -0.327 e. The Labute approximate surface area is 144 Å². The van der Waals surface area contributed by atoms with Crippen LogP contribution in [0.2, 0.25) is 5.02 Å². The van der Waals surface area contributed by atoms with Crippen molar-refractivity contribution in [3.05, 3.63) is 57.5 Å². The molecule has 0 aliphatic heterocycles. The maximum atomic E-state index is 12.7. The van der Waals surface area contributed by atoms with E-state index >= 15 is 0 Å². The lowest BCUT2D eigenvalue weighted by Gasteiger charge is -2.13. The zero-order valence-corrected chi connectivity index (χ0v) is 13.9. The van der Waals surface area contributed by atoms with Gasteiger partial charge < -0.3 is 10.3 Å². The normalized spacial score (nSPS) is 12.7. The molecule has 24 heavy (non-hydrogen) atoms. The number of benzene rings is 1. The van der Waals surface area contributed by atoms with Gasteiger partial charge in [-0.1, -0.05) is 23.7 Å². The summed E-state index contributed by atoms with van der Waals surface area (Å²) in [5.41, 5.74) is -2.32. The van der Waals surface area contributed by atoms with Gasteiger partial charge in [0.05, 0.1) is 15.8 Å². The number of nitrogens with one attached hydrogen (secondary N) is 2. The number of amides is 1. The molecule has 0 bridgehead atoms. The fraction of sp³-hybridized carbons (Fsp3) is 0.200. The second-order valence-electron chi connectivity index (χ2n) is 4.81. The van der Waals surface area contributed by atoms with Crippen LogP contribution in [0.25, 0.3) is 0 Å². The summed E-state index contributed by atoms with van der Waals surface area (Å²) in [5.74, 6) is -0.607. The van der Waals surface area contributed by atoms with Crippen LogP contribution in [0.1, 0.15) is 12.5 Å². The predicted molar refractivity (Wildman–Crippen MR) is 87.5 cm³/mol. The molecule has 0 fully saturated rings. The first-order chi connectivity index (χ1) is 11.2. The molecule has 2 aromatic rings. The number of aromatic amines is 1. The summed E-state index contributed by atoms with van der Waals surface area (Å²) in [5, 5.41) is 2.01. The highest BCUT2D eigenvalue weighted by atomic mass is 35.5. The summed E-state index contributed by atoms with van der Waals surface area (Å²) < 4.78 is 38.0. The van der Waals surface area contributed by atoms with Crippen molar-refractivity contribution >= 4 is 35.0 Å². The molecule has 2 rings (SSSR count). The van der Waals surface area contributed by atoms with E-state index < -0.39 is 34.1 Å². The summed E-state index contributed by atoms with van der Waals surface area (Å²) in [7, 11) is 0. The van der Waals surface area contributed by atoms with Crippen molar-refractivity contribution in [2.75, 3.05) is 5.32 Å². The molecular formula is C15H12ClF3N2O2S. The van der Waals surface area contributed by atoms with Gasteiger partial charge in [0.15, 0.2) is 0 Å². The van der Waals surface area contributed by atoms with Crippen LogP contribution >= 0.6 is 23.4 Å². The third-order valence-corrected chi connectivity index (χ3v) is 4.62. The average Bonchev–Trinajstić information content (AvgIpc) is 2.50. The van der Waals surface area contributed by atoms with Gasteiger partial charge in [0.25, 0.3) is 5.56 Å². The number of pyridine rings is 1. The molecule has 1 unspecified atom stereocenters. The van der Waals surface area contributed by atoms with E-state index in [2.05, 4.69) is 5.32 Å². The average molecular weight is 377 g/mol. The van der Waals surface area contributed by atoms with Gasteiger partial charge in [-0.25, -0.2) is 0 Å². The maximum absolute atomic E-state index is 12.7. The minimum atomic E-state index is -4.62. The van der Waals surface area contributed by atoms with E-state index in [-0.39, 0.29) is 0 Å². The molecular weight excluding hydrogens is 365 g/mol. The number of hydrogen-bond donors (Lipinski definition) is 2. The standard InChI is InChI=1S/C15H12ClF3N2O2S/c1-8(24-12-5-3-2-4-10(12)16)13(22)21-11-6-9(15(17,18)19)7-20-14(11)23/h2-8H,1H3,(H,20,23)(H,21,22). The number of anilines is 1. The number of H-pyrrole nitrogens is 1. The minimum absolute atomic E-state index is 0.457. The molecule has 9 heteroatoms. The maximum Gasteiger partial charge on any atom is 0.417 e. The topological polar surface area (TPSA) is 62.0 Å². The van der Waals surface area contributed by atoms with E-state index in [0.717, 1.165) is 11.8 Å². The van der Waals surface area contributed by atoms with Gasteiger partial charge in [-0.3, -0.25) is 9.59 Å². The zero-order chi connectivity index (χ0) is 17.9. The first-order valence-electron chi connectivity index (χ1n) is 6.70. The highest BCUT2D eigenvalue weighted by molar-refractivity contribution is 8.00. The van der Waals surface area contributed by atoms with Crippen molar-refractivity contribution < 1.29 is 18.0 Å². The smallest absolute Gasteiger partial charge is 0.327 e. The molecule has 0 aliphatic carbocycles. The number of hydrogen-bond acceptors (Lipinski definition) is 3. The number of rotatable bonds is 4. The Morgan fingerprint density at radius 1 is 1.33 bits per heavy atom. The van der Waals surface area contributed by atoms with E-state index in [1.165, 1.54) is 0 Å². The fourth-order valence-corrected chi connectivity index (χ4v) is 2.91. The Balaban J connectivity index is 2.14. The number of carbonyl (C=O) groups excluding carboxylic acids is 1. The van der Waals surface area contributed by atoms with Crippen LogP contribution < -0.4 is 10.9 Å². The summed E-state index contributed by atoms with van der Waals surface area (Å²) in [6, 6.07) is 7.46. The SMILES string of the molecule is CC(Sc1ccccc1Cl)C(=O)Nc1cc(C(F)(F)F)c[nH]c1=O. The Hall–Kier alpha value is -1.93. The van der Waals surface area contributed by atoms with Gasteiger partial charge in [0.1, 0.15) is 5.69 Å². The molecule has 1 heterocycles. The van der Waals surface area contributed by atoms with E-state index in [1.54, 1.807) is 31.2 Å². The van der Waals surface area contributed by atoms with Gasteiger partial charge in [-0.05, 0) is 25.1 Å². The summed E-state index contributed by atoms with van der Waals surface area (Å²) in [6.45, 7) is 1.56. The molecule has 0 saturated carbocycles. The van der Waals surface area contributed by atoms with Gasteiger partial charge in [0.2, 0.25) is 5.91 Å². The second-order valence-corrected chi connectivity index (χ2v) is 6.60. The van der Waals surface area contributed by atoms with Gasteiger partial charge in [-0.2, -0.15) is 13.2 Å². The lowest BCUT2D eigenvalue weighted by molar-refractivity contribution is -0.137. The van der Waals surface area contributed by atoms with E-state index in [9.17, 15) is 22.8 Å². The molecule has 0 saturated heterocycles. The molecule has 2 N–H and O–H groups in total. The van der Waals surface area contributed by atoms with Gasteiger partial charge in [0, 0.05) is 11.1 Å². The van der Waals surface area contributed by atoms with Crippen molar-refractivity contribution in [1.82, 2.24) is 4.98 Å². The highest BCUT2D eigenvalue weighted by Crippen LogP contribution is 2.31. The number of carbonyl (C=O) groups is 1. The molecule has 1 atom stereocenters. The monoisotopic (exact) mass is 376 g/mol. The molecule has 0 spiro atoms. The van der Waals surface area contributed by atoms with Crippen LogP contribution in [-0.4, -0.2) is 16.1 Å². The molecule has 0 radical (unpaired) electrons. The fourth-order valence-electron chi connectivity index (χ4n) is 1.76. The van der Waals surface area contributed by atoms with Crippen LogP contribution in [0.4, 0.5) is 18.9 Å². The van der Waals surface area contributed by atoms with E-state index in [1.807, 2.05) is 4.98 Å². The molecule has 1 amide bonds. The summed E-state index contributed by atoms with van der Waals surface area (Å²) in [6.07, 6.45) is -4.07. The molecule has 1 aromatic carbocycles. The van der Waals surface area contributed by atoms with Crippen molar-refractivity contribution in [3.63, 3.8) is 0 Å². The van der Waals surface area contributed by atoms with Crippen LogP contribution in [0.5, 0.6) is 0 Å². The quantitative estimate of drug-likeness (QED) is 0.787. The lowest BCUT2D eigenvalue weighted by atomic mass is 10.2. The lowest BCUT2D eigenvalue weighted by Crippen LogP contribution is -2.27. The number of alkyl halides is 3. The molecule has 4 nitrogen and oxygen atoms in total. The Bertz CT molecular complexity index is 808. The second kappa shape index (κ2) is 7.31. The summed E-state index contributed by atoms with van der Waals surface area (Å²) >= 11 is 7.13. The highest BCUT2D eigenvalue weighted by Gasteiger charge is 2.31. The third kappa shape index (κ3) is 4.55. The Kier molecular flexibility index (Phi) is 5.61. The summed E-state index contributed by atoms with van der Waals surface area (Å²) in [4.78, 5) is 26.3. The molecule has 0 aliphatic rings. The van der Waals surface area contributed by atoms with Gasteiger partial charge in [-0.15, -0.1) is 11.8 Å². The van der Waals surface area contributed by atoms with E-state index in [4.69, 9.17) is 11.6 Å². The van der Waals surface area contributed by atoms with Crippen LogP contribution in [0.15, 0.2) is 46.2 Å². The van der Waals surface area contributed by atoms with Crippen molar-refractivity contribution in [3.8, 4) is 0 Å². The van der Waals surface area contributed by atoms with Crippen LogP contribution in [0, 0.1) is 0 Å². The number of thioether (sulfide) groups is 1. The molecule has 1 aromatic heterocycles. The number of aromatic nitrogens is 1. The predicted octanol–water partition coefficient (Wildman–Crippen LogP) is 4.17. The molecule has 128 valence electrons. The zero-order valence-electron chi connectivity index (χ0n) is 12.3. The largest absolute Gasteiger partial charge is 0.417 e. The Morgan fingerprint density at radius 3 is 2.62 bits per heavy atom. The van der Waals surface area contributed by atoms with Crippen LogP contribution in [0.3, 0.4) is 0 Å². The van der Waals surface area contributed by atoms with Crippen molar-refractivity contribution in [2.45, 2.75) is 23.2 Å². The number of halogens is 4. The van der Waals surface area contributed by atoms with Crippen molar-refractivity contribution in [2.24, 2.45) is 0 Å². The first kappa shape index (κ1) is 18.4. The van der Waals surface area contributed by atoms with Crippen molar-refractivity contribution in [1.29, 1.82) is 0 Å². The third-order valence-electron chi connectivity index (χ3n) is 3.00. The Morgan fingerprint density at radius 2 is 2.00 bits per heavy atom.